The van der Waals surface area contributed by atoms with Crippen molar-refractivity contribution in [2.45, 2.75) is 26.9 Å². The number of rotatable bonds is 6. The van der Waals surface area contributed by atoms with Crippen LogP contribution in [0.2, 0.25) is 0 Å². The second-order valence-corrected chi connectivity index (χ2v) is 6.22. The van der Waals surface area contributed by atoms with Gasteiger partial charge >= 0.3 is 5.97 Å². The molecule has 1 atom stereocenters. The molecule has 1 N–H and O–H groups in total. The van der Waals surface area contributed by atoms with Gasteiger partial charge in [0.1, 0.15) is 5.75 Å². The van der Waals surface area contributed by atoms with Gasteiger partial charge in [-0.25, -0.2) is 4.79 Å². The normalized spacial score (nSPS) is 12.0. The number of Topliss-reactive ketones (excluding diaryl/α,β-unsaturated/α-hetero) is 1. The first-order chi connectivity index (χ1) is 12.5. The van der Waals surface area contributed by atoms with Gasteiger partial charge in [-0.1, -0.05) is 36.4 Å². The van der Waals surface area contributed by atoms with Gasteiger partial charge in [-0.05, 0) is 38.5 Å². The summed E-state index contributed by atoms with van der Waals surface area (Å²) >= 11 is 0. The van der Waals surface area contributed by atoms with E-state index in [1.165, 1.54) is 0 Å². The minimum absolute atomic E-state index is 0.232. The highest BCUT2D eigenvalue weighted by Crippen LogP contribution is 2.24. The molecule has 0 saturated carbocycles. The Kier molecular flexibility index (Phi) is 5.07. The Bertz CT molecular complexity index is 958. The number of carbonyl (C=O) groups excluding carboxylic acids is 2. The maximum absolute atomic E-state index is 12.8. The van der Waals surface area contributed by atoms with Crippen LogP contribution in [0.3, 0.4) is 0 Å². The number of ether oxygens (including phenoxy) is 2. The standard InChI is InChI=1S/C21H21NO4/c1-13-8-4-7-11-18(13)25-12-19(23)26-15(3)21(24)20-14(2)22-17-10-6-5-9-16(17)20/h4-11,15,22H,12H2,1-3H3/t15-/m1/s1. The largest absolute Gasteiger partial charge is 0.482 e. The van der Waals surface area contributed by atoms with Crippen LogP contribution in [0.15, 0.2) is 48.5 Å². The molecule has 0 saturated heterocycles. The van der Waals surface area contributed by atoms with Crippen LogP contribution in [0.1, 0.15) is 28.5 Å². The van der Waals surface area contributed by atoms with Gasteiger partial charge in [-0.2, -0.15) is 0 Å². The van der Waals surface area contributed by atoms with Gasteiger partial charge in [0.05, 0.1) is 0 Å². The average Bonchev–Trinajstić information content (AvgIpc) is 2.96. The van der Waals surface area contributed by atoms with Crippen molar-refractivity contribution < 1.29 is 19.1 Å². The molecule has 1 heterocycles. The van der Waals surface area contributed by atoms with Crippen molar-refractivity contribution in [2.75, 3.05) is 6.61 Å². The van der Waals surface area contributed by atoms with E-state index in [1.807, 2.05) is 56.3 Å². The van der Waals surface area contributed by atoms with E-state index in [0.717, 1.165) is 22.2 Å². The van der Waals surface area contributed by atoms with E-state index in [0.29, 0.717) is 11.3 Å². The molecule has 5 nitrogen and oxygen atoms in total. The van der Waals surface area contributed by atoms with E-state index >= 15 is 0 Å². The minimum atomic E-state index is -0.888. The Morgan fingerprint density at radius 2 is 1.73 bits per heavy atom. The first kappa shape index (κ1) is 17.7. The third kappa shape index (κ3) is 3.61. The van der Waals surface area contributed by atoms with Crippen molar-refractivity contribution in [2.24, 2.45) is 0 Å². The molecule has 0 aliphatic heterocycles. The molecular formula is C21H21NO4. The summed E-state index contributed by atoms with van der Waals surface area (Å²) in [6, 6.07) is 15.0. The molecule has 0 radical (unpaired) electrons. The number of carbonyl (C=O) groups is 2. The van der Waals surface area contributed by atoms with E-state index in [1.54, 1.807) is 13.0 Å². The number of ketones is 1. The highest BCUT2D eigenvalue weighted by Gasteiger charge is 2.24. The van der Waals surface area contributed by atoms with Crippen LogP contribution in [-0.4, -0.2) is 29.4 Å². The zero-order chi connectivity index (χ0) is 18.7. The predicted octanol–water partition coefficient (Wildman–Crippen LogP) is 3.98. The topological polar surface area (TPSA) is 68.4 Å². The number of para-hydroxylation sites is 2. The Labute approximate surface area is 151 Å². The SMILES string of the molecule is Cc1ccccc1OCC(=O)O[C@H](C)C(=O)c1c(C)[nH]c2ccccc12. The molecule has 0 amide bonds. The summed E-state index contributed by atoms with van der Waals surface area (Å²) in [6.45, 7) is 5.07. The summed E-state index contributed by atoms with van der Waals surface area (Å²) in [5.41, 5.74) is 3.13. The number of aromatic nitrogens is 1. The van der Waals surface area contributed by atoms with Gasteiger partial charge in [0, 0.05) is 22.2 Å². The molecule has 1 aromatic heterocycles. The van der Waals surface area contributed by atoms with Crippen LogP contribution in [0.25, 0.3) is 10.9 Å². The number of benzene rings is 2. The second-order valence-electron chi connectivity index (χ2n) is 6.22. The summed E-state index contributed by atoms with van der Waals surface area (Å²) < 4.78 is 10.7. The highest BCUT2D eigenvalue weighted by molar-refractivity contribution is 6.11. The van der Waals surface area contributed by atoms with Gasteiger partial charge in [0.25, 0.3) is 0 Å². The Balaban J connectivity index is 1.66. The lowest BCUT2D eigenvalue weighted by atomic mass is 10.0. The van der Waals surface area contributed by atoms with Gasteiger partial charge < -0.3 is 14.5 Å². The zero-order valence-electron chi connectivity index (χ0n) is 15.0. The third-order valence-corrected chi connectivity index (χ3v) is 4.26. The first-order valence-corrected chi connectivity index (χ1v) is 8.47. The number of hydrogen-bond donors (Lipinski definition) is 1. The quantitative estimate of drug-likeness (QED) is 0.539. The molecule has 0 aliphatic rings. The minimum Gasteiger partial charge on any atom is -0.482 e. The summed E-state index contributed by atoms with van der Waals surface area (Å²) in [7, 11) is 0. The monoisotopic (exact) mass is 351 g/mol. The number of nitrogens with one attached hydrogen (secondary N) is 1. The molecular weight excluding hydrogens is 330 g/mol. The first-order valence-electron chi connectivity index (χ1n) is 8.47. The summed E-state index contributed by atoms with van der Waals surface area (Å²) in [4.78, 5) is 28.0. The van der Waals surface area contributed by atoms with E-state index < -0.39 is 12.1 Å². The molecule has 0 bridgehead atoms. The molecule has 3 aromatic rings. The van der Waals surface area contributed by atoms with Gasteiger partial charge in [0.15, 0.2) is 12.7 Å². The molecule has 26 heavy (non-hydrogen) atoms. The lowest BCUT2D eigenvalue weighted by Gasteiger charge is -2.13. The van der Waals surface area contributed by atoms with E-state index in [9.17, 15) is 9.59 Å². The van der Waals surface area contributed by atoms with Gasteiger partial charge in [-0.3, -0.25) is 4.79 Å². The number of H-pyrrole nitrogens is 1. The van der Waals surface area contributed by atoms with Gasteiger partial charge in [-0.15, -0.1) is 0 Å². The maximum atomic E-state index is 12.8. The highest BCUT2D eigenvalue weighted by atomic mass is 16.6. The smallest absolute Gasteiger partial charge is 0.344 e. The average molecular weight is 351 g/mol. The van der Waals surface area contributed by atoms with E-state index in [-0.39, 0.29) is 12.4 Å². The van der Waals surface area contributed by atoms with Crippen molar-refractivity contribution in [1.29, 1.82) is 0 Å². The number of fused-ring (bicyclic) bond motifs is 1. The van der Waals surface area contributed by atoms with Crippen LogP contribution in [0.5, 0.6) is 5.75 Å². The summed E-state index contributed by atoms with van der Waals surface area (Å²) in [5, 5.41) is 0.828. The second kappa shape index (κ2) is 7.44. The number of hydrogen-bond acceptors (Lipinski definition) is 4. The third-order valence-electron chi connectivity index (χ3n) is 4.26. The van der Waals surface area contributed by atoms with Crippen LogP contribution in [0, 0.1) is 13.8 Å². The fourth-order valence-corrected chi connectivity index (χ4v) is 2.94. The lowest BCUT2D eigenvalue weighted by Crippen LogP contribution is -2.27. The predicted molar refractivity (Wildman–Crippen MR) is 99.6 cm³/mol. The Morgan fingerprint density at radius 1 is 1.04 bits per heavy atom. The number of aryl methyl sites for hydroxylation is 2. The fraction of sp³-hybridized carbons (Fsp3) is 0.238. The summed E-state index contributed by atoms with van der Waals surface area (Å²) in [5.74, 6) is -0.188. The molecule has 134 valence electrons. The van der Waals surface area contributed by atoms with Crippen LogP contribution < -0.4 is 4.74 Å². The molecule has 0 unspecified atom stereocenters. The lowest BCUT2D eigenvalue weighted by molar-refractivity contribution is -0.148. The van der Waals surface area contributed by atoms with Crippen LogP contribution >= 0.6 is 0 Å². The molecule has 5 heteroatoms. The summed E-state index contributed by atoms with van der Waals surface area (Å²) in [6.07, 6.45) is -0.888. The zero-order valence-corrected chi connectivity index (χ0v) is 15.0. The van der Waals surface area contributed by atoms with Crippen molar-refractivity contribution in [3.8, 4) is 5.75 Å². The van der Waals surface area contributed by atoms with Crippen molar-refractivity contribution in [1.82, 2.24) is 4.98 Å². The fourth-order valence-electron chi connectivity index (χ4n) is 2.94. The van der Waals surface area contributed by atoms with Crippen molar-refractivity contribution in [3.63, 3.8) is 0 Å². The molecule has 0 fully saturated rings. The van der Waals surface area contributed by atoms with Crippen LogP contribution in [-0.2, 0) is 9.53 Å². The van der Waals surface area contributed by atoms with Gasteiger partial charge in [0.2, 0.25) is 5.78 Å². The molecule has 3 rings (SSSR count). The molecule has 0 aliphatic carbocycles. The number of esters is 1. The maximum Gasteiger partial charge on any atom is 0.344 e. The number of aromatic amines is 1. The van der Waals surface area contributed by atoms with E-state index in [2.05, 4.69) is 4.98 Å². The Hall–Kier alpha value is -3.08. The Morgan fingerprint density at radius 3 is 2.50 bits per heavy atom. The molecule has 0 spiro atoms. The van der Waals surface area contributed by atoms with E-state index in [4.69, 9.17) is 9.47 Å². The van der Waals surface area contributed by atoms with Crippen LogP contribution in [0.4, 0.5) is 0 Å². The molecule has 2 aromatic carbocycles. The van der Waals surface area contributed by atoms with Crippen molar-refractivity contribution in [3.05, 3.63) is 65.4 Å². The van der Waals surface area contributed by atoms with Crippen molar-refractivity contribution >= 4 is 22.7 Å².